The molecular weight excluding hydrogens is 498 g/mol. The average Bonchev–Trinajstić information content (AvgIpc) is 3.07. The number of imidazole rings is 1. The van der Waals surface area contributed by atoms with E-state index in [2.05, 4.69) is 0 Å². The molecule has 3 aliphatic heterocycles. The van der Waals surface area contributed by atoms with Crippen molar-refractivity contribution < 1.29 is 23.4 Å². The highest BCUT2D eigenvalue weighted by Gasteiger charge is 2.46. The second-order valence-corrected chi connectivity index (χ2v) is 9.67. The molecule has 4 aromatic rings. The lowest BCUT2D eigenvalue weighted by Gasteiger charge is -2.51. The van der Waals surface area contributed by atoms with E-state index < -0.39 is 40.9 Å². The number of para-hydroxylation sites is 1. The summed E-state index contributed by atoms with van der Waals surface area (Å²) in [6, 6.07) is 8.47. The van der Waals surface area contributed by atoms with Gasteiger partial charge >= 0.3 is 0 Å². The molecule has 10 nitrogen and oxygen atoms in total. The molecule has 3 aliphatic rings. The topological polar surface area (TPSA) is 109 Å². The summed E-state index contributed by atoms with van der Waals surface area (Å²) >= 11 is 0. The number of nitrogens with zero attached hydrogens (tertiary/aromatic N) is 5. The fourth-order valence-corrected chi connectivity index (χ4v) is 6.06. The number of ether oxygens (including phenoxy) is 1. The van der Waals surface area contributed by atoms with Gasteiger partial charge in [0.1, 0.15) is 12.2 Å². The Labute approximate surface area is 213 Å². The van der Waals surface area contributed by atoms with E-state index in [1.54, 1.807) is 21.2 Å². The van der Waals surface area contributed by atoms with Crippen LogP contribution in [0.3, 0.4) is 0 Å². The van der Waals surface area contributed by atoms with Gasteiger partial charge in [-0.1, -0.05) is 18.2 Å². The molecule has 38 heavy (non-hydrogen) atoms. The summed E-state index contributed by atoms with van der Waals surface area (Å²) in [4.78, 5) is 27.4. The number of aromatic hydroxyl groups is 1. The number of aromatic nitrogens is 3. The quantitative estimate of drug-likeness (QED) is 0.396. The van der Waals surface area contributed by atoms with Crippen molar-refractivity contribution in [2.75, 3.05) is 24.8 Å². The number of fused-ring (bicyclic) bond motifs is 3. The zero-order valence-corrected chi connectivity index (χ0v) is 20.2. The van der Waals surface area contributed by atoms with E-state index in [4.69, 9.17) is 10.1 Å². The highest BCUT2D eigenvalue weighted by Crippen LogP contribution is 2.42. The van der Waals surface area contributed by atoms with Crippen LogP contribution in [0, 0.1) is 17.0 Å². The van der Waals surface area contributed by atoms with Crippen molar-refractivity contribution in [3.63, 3.8) is 0 Å². The molecule has 0 bridgehead atoms. The summed E-state index contributed by atoms with van der Waals surface area (Å²) in [5.41, 5.74) is 1.78. The minimum absolute atomic E-state index is 0.0733. The predicted molar refractivity (Wildman–Crippen MR) is 130 cm³/mol. The first-order chi connectivity index (χ1) is 18.3. The van der Waals surface area contributed by atoms with Crippen molar-refractivity contribution in [3.8, 4) is 5.75 Å². The molecule has 1 saturated heterocycles. The fourth-order valence-electron chi connectivity index (χ4n) is 6.06. The average molecular weight is 520 g/mol. The second kappa shape index (κ2) is 7.78. The Morgan fingerprint density at radius 3 is 2.74 bits per heavy atom. The Morgan fingerprint density at radius 1 is 1.11 bits per heavy atom. The second-order valence-electron chi connectivity index (χ2n) is 9.67. The zero-order chi connectivity index (χ0) is 26.5. The molecular formula is C26H22F2N6O4. The van der Waals surface area contributed by atoms with Gasteiger partial charge in [0, 0.05) is 37.0 Å². The number of aryl methyl sites for hydroxylation is 1. The number of morpholine rings is 1. The van der Waals surface area contributed by atoms with Crippen molar-refractivity contribution in [2.24, 2.45) is 7.05 Å². The minimum Gasteiger partial charge on any atom is -0.502 e. The molecule has 2 aromatic heterocycles. The van der Waals surface area contributed by atoms with Crippen LogP contribution in [0.2, 0.25) is 0 Å². The summed E-state index contributed by atoms with van der Waals surface area (Å²) in [7, 11) is 1.73. The monoisotopic (exact) mass is 520 g/mol. The number of nitrogens with one attached hydrogen (secondary N) is 1. The predicted octanol–water partition coefficient (Wildman–Crippen LogP) is 1.51. The third-order valence-electron chi connectivity index (χ3n) is 7.83. The van der Waals surface area contributed by atoms with Gasteiger partial charge in [-0.25, -0.2) is 8.78 Å². The van der Waals surface area contributed by atoms with Crippen LogP contribution >= 0.6 is 0 Å². The first-order valence-electron chi connectivity index (χ1n) is 12.1. The molecule has 0 spiro atoms. The van der Waals surface area contributed by atoms with Gasteiger partial charge in [-0.3, -0.25) is 24.7 Å². The highest BCUT2D eigenvalue weighted by atomic mass is 19.2. The SMILES string of the molecule is Cn1c(=N)n2c3c(cccc31)C(N1C3COCCN3C(=O)c3c(O)c(=O)ccn31)c1ccc(F)c(F)c1C2. The van der Waals surface area contributed by atoms with E-state index in [1.165, 1.54) is 21.8 Å². The minimum atomic E-state index is -1.02. The smallest absolute Gasteiger partial charge is 0.278 e. The lowest BCUT2D eigenvalue weighted by atomic mass is 9.92. The van der Waals surface area contributed by atoms with Crippen LogP contribution in [0.4, 0.5) is 8.78 Å². The molecule has 7 rings (SSSR count). The summed E-state index contributed by atoms with van der Waals surface area (Å²) in [5, 5.41) is 21.2. The van der Waals surface area contributed by atoms with E-state index in [1.807, 2.05) is 18.2 Å². The Hall–Kier alpha value is -4.45. The van der Waals surface area contributed by atoms with Crippen molar-refractivity contribution >= 4 is 16.9 Å². The summed E-state index contributed by atoms with van der Waals surface area (Å²) in [5.74, 6) is -3.23. The number of rotatable bonds is 1. The number of pyridine rings is 1. The van der Waals surface area contributed by atoms with E-state index in [0.29, 0.717) is 16.6 Å². The van der Waals surface area contributed by atoms with E-state index in [-0.39, 0.29) is 43.2 Å². The van der Waals surface area contributed by atoms with Gasteiger partial charge in [0.2, 0.25) is 11.0 Å². The van der Waals surface area contributed by atoms with Gasteiger partial charge in [0.25, 0.3) is 5.91 Å². The van der Waals surface area contributed by atoms with Crippen LogP contribution in [0.15, 0.2) is 47.4 Å². The summed E-state index contributed by atoms with van der Waals surface area (Å²) in [6.45, 7) is 0.516. The van der Waals surface area contributed by atoms with Gasteiger partial charge in [0.05, 0.1) is 30.8 Å². The highest BCUT2D eigenvalue weighted by molar-refractivity contribution is 5.96. The molecule has 0 aliphatic carbocycles. The van der Waals surface area contributed by atoms with E-state index in [0.717, 1.165) is 17.6 Å². The molecule has 2 N–H and O–H groups in total. The van der Waals surface area contributed by atoms with Crippen LogP contribution in [0.5, 0.6) is 5.75 Å². The zero-order valence-electron chi connectivity index (χ0n) is 20.2. The van der Waals surface area contributed by atoms with Crippen molar-refractivity contribution in [3.05, 3.63) is 92.5 Å². The van der Waals surface area contributed by atoms with Crippen LogP contribution in [-0.2, 0) is 18.3 Å². The maximum absolute atomic E-state index is 15.5. The van der Waals surface area contributed by atoms with Gasteiger partial charge in [-0.05, 0) is 17.7 Å². The Balaban J connectivity index is 1.62. The largest absolute Gasteiger partial charge is 0.502 e. The van der Waals surface area contributed by atoms with E-state index in [9.17, 15) is 19.1 Å². The molecule has 5 heterocycles. The van der Waals surface area contributed by atoms with Crippen molar-refractivity contribution in [1.82, 2.24) is 18.7 Å². The number of hydrogen-bond acceptors (Lipinski definition) is 6. The third-order valence-corrected chi connectivity index (χ3v) is 7.83. The van der Waals surface area contributed by atoms with Crippen LogP contribution in [0.25, 0.3) is 11.0 Å². The molecule has 2 unspecified atom stereocenters. The van der Waals surface area contributed by atoms with E-state index >= 15 is 4.39 Å². The summed E-state index contributed by atoms with van der Waals surface area (Å²) in [6.07, 6.45) is 0.721. The Bertz CT molecular complexity index is 1810. The Kier molecular flexibility index (Phi) is 4.65. The molecule has 0 saturated carbocycles. The van der Waals surface area contributed by atoms with Crippen molar-refractivity contribution in [2.45, 2.75) is 18.8 Å². The van der Waals surface area contributed by atoms with Gasteiger partial charge in [-0.15, -0.1) is 0 Å². The molecule has 1 fully saturated rings. The summed E-state index contributed by atoms with van der Waals surface area (Å²) < 4.78 is 40.6. The standard InChI is InChI=1S/C26H22F2N6O4/c1-30-17-4-2-3-14-21(13-5-6-16(27)20(28)15(13)11-32(22(14)17)26(30)29)34-19-12-38-10-9-31(19)25(37)23-24(36)18(35)7-8-33(23)34/h2-8,19,21,29,36H,9-12H2,1H3. The maximum Gasteiger partial charge on any atom is 0.278 e. The fraction of sp³-hybridized carbons (Fsp3) is 0.269. The molecule has 12 heteroatoms. The van der Waals surface area contributed by atoms with Crippen LogP contribution in [-0.4, -0.2) is 55.6 Å². The number of benzene rings is 2. The molecule has 1 amide bonds. The first kappa shape index (κ1) is 22.7. The molecule has 0 radical (unpaired) electrons. The number of hydrogen-bond donors (Lipinski definition) is 2. The number of amides is 1. The molecule has 194 valence electrons. The number of carbonyl (C=O) groups excluding carboxylic acids is 1. The molecule has 2 aromatic carbocycles. The molecule has 2 atom stereocenters. The van der Waals surface area contributed by atoms with Crippen LogP contribution in [0.1, 0.15) is 33.2 Å². The van der Waals surface area contributed by atoms with Gasteiger partial charge < -0.3 is 23.9 Å². The normalized spacial score (nSPS) is 20.2. The third kappa shape index (κ3) is 2.80. The number of carbonyl (C=O) groups is 1. The lowest BCUT2D eigenvalue weighted by Crippen LogP contribution is -2.66. The number of halogens is 2. The van der Waals surface area contributed by atoms with Gasteiger partial charge in [0.15, 0.2) is 23.1 Å². The lowest BCUT2D eigenvalue weighted by molar-refractivity contribution is -0.0196. The van der Waals surface area contributed by atoms with Gasteiger partial charge in [-0.2, -0.15) is 0 Å². The Morgan fingerprint density at radius 2 is 1.92 bits per heavy atom. The van der Waals surface area contributed by atoms with Crippen molar-refractivity contribution in [1.29, 1.82) is 5.41 Å². The maximum atomic E-state index is 15.5. The van der Waals surface area contributed by atoms with Crippen LogP contribution < -0.4 is 16.1 Å². The first-order valence-corrected chi connectivity index (χ1v) is 12.1.